The van der Waals surface area contributed by atoms with Crippen molar-refractivity contribution in [2.45, 2.75) is 25.3 Å². The van der Waals surface area contributed by atoms with Gasteiger partial charge in [-0.05, 0) is 67.5 Å². The smallest absolute Gasteiger partial charge is 0.270 e. The zero-order valence-electron chi connectivity index (χ0n) is 10.5. The molecule has 1 aliphatic rings. The SMILES string of the molecule is CN1CCCC(NC(=O)c2cccc(Br)n2)CC1. The van der Waals surface area contributed by atoms with Crippen LogP contribution in [0.3, 0.4) is 0 Å². The first kappa shape index (κ1) is 13.5. The molecular weight excluding hydrogens is 294 g/mol. The lowest BCUT2D eigenvalue weighted by Gasteiger charge is -2.16. The monoisotopic (exact) mass is 311 g/mol. The third-order valence-electron chi connectivity index (χ3n) is 3.23. The Morgan fingerprint density at radius 3 is 3.06 bits per heavy atom. The molecule has 0 aromatic carbocycles. The Morgan fingerprint density at radius 2 is 2.28 bits per heavy atom. The van der Waals surface area contributed by atoms with Gasteiger partial charge in [0, 0.05) is 6.04 Å². The molecule has 0 saturated carbocycles. The summed E-state index contributed by atoms with van der Waals surface area (Å²) in [6, 6.07) is 5.65. The third-order valence-corrected chi connectivity index (χ3v) is 3.68. The lowest BCUT2D eigenvalue weighted by molar-refractivity contribution is 0.0928. The van der Waals surface area contributed by atoms with Crippen molar-refractivity contribution in [1.29, 1.82) is 0 Å². The van der Waals surface area contributed by atoms with Crippen LogP contribution in [0.5, 0.6) is 0 Å². The minimum absolute atomic E-state index is 0.0779. The molecule has 1 N–H and O–H groups in total. The first-order valence-corrected chi connectivity index (χ1v) is 7.06. The van der Waals surface area contributed by atoms with Crippen molar-refractivity contribution in [2.24, 2.45) is 0 Å². The number of amides is 1. The summed E-state index contributed by atoms with van der Waals surface area (Å²) in [5.41, 5.74) is 0.474. The summed E-state index contributed by atoms with van der Waals surface area (Å²) in [6.45, 7) is 2.15. The summed E-state index contributed by atoms with van der Waals surface area (Å²) >= 11 is 3.28. The standard InChI is InChI=1S/C13H18BrN3O/c1-17-8-3-4-10(7-9-17)15-13(18)11-5-2-6-12(14)16-11/h2,5-6,10H,3-4,7-9H2,1H3,(H,15,18). The second-order valence-electron chi connectivity index (χ2n) is 4.75. The summed E-state index contributed by atoms with van der Waals surface area (Å²) in [6.07, 6.45) is 3.19. The summed E-state index contributed by atoms with van der Waals surface area (Å²) in [5.74, 6) is -0.0779. The number of aromatic nitrogens is 1. The van der Waals surface area contributed by atoms with Crippen molar-refractivity contribution in [2.75, 3.05) is 20.1 Å². The highest BCUT2D eigenvalue weighted by atomic mass is 79.9. The molecular formula is C13H18BrN3O. The summed E-state index contributed by atoms with van der Waals surface area (Å²) < 4.78 is 0.691. The Balaban J connectivity index is 1.94. The van der Waals surface area contributed by atoms with E-state index in [4.69, 9.17) is 0 Å². The van der Waals surface area contributed by atoms with E-state index >= 15 is 0 Å². The fourth-order valence-electron chi connectivity index (χ4n) is 2.18. The number of hydrogen-bond donors (Lipinski definition) is 1. The molecule has 5 heteroatoms. The topological polar surface area (TPSA) is 45.2 Å². The normalized spacial score (nSPS) is 21.3. The van der Waals surface area contributed by atoms with Gasteiger partial charge >= 0.3 is 0 Å². The minimum atomic E-state index is -0.0779. The average Bonchev–Trinajstić information content (AvgIpc) is 2.54. The number of nitrogens with zero attached hydrogens (tertiary/aromatic N) is 2. The molecule has 1 amide bonds. The molecule has 2 rings (SSSR count). The van der Waals surface area contributed by atoms with E-state index in [0.717, 1.165) is 32.4 Å². The van der Waals surface area contributed by atoms with E-state index in [1.165, 1.54) is 0 Å². The first-order chi connectivity index (χ1) is 8.65. The Kier molecular flexibility index (Phi) is 4.72. The number of carbonyl (C=O) groups excluding carboxylic acids is 1. The molecule has 1 atom stereocenters. The number of halogens is 1. The zero-order valence-corrected chi connectivity index (χ0v) is 12.1. The molecule has 2 heterocycles. The van der Waals surface area contributed by atoms with Gasteiger partial charge in [0.2, 0.25) is 0 Å². The third kappa shape index (κ3) is 3.78. The average molecular weight is 312 g/mol. The highest BCUT2D eigenvalue weighted by molar-refractivity contribution is 9.10. The molecule has 18 heavy (non-hydrogen) atoms. The Bertz CT molecular complexity index is 424. The van der Waals surface area contributed by atoms with E-state index in [2.05, 4.69) is 38.2 Å². The van der Waals surface area contributed by atoms with Gasteiger partial charge in [0.05, 0.1) is 0 Å². The molecule has 1 saturated heterocycles. The number of hydrogen-bond acceptors (Lipinski definition) is 3. The lowest BCUT2D eigenvalue weighted by atomic mass is 10.1. The van der Waals surface area contributed by atoms with Gasteiger partial charge in [0.15, 0.2) is 0 Å². The maximum absolute atomic E-state index is 12.1. The quantitative estimate of drug-likeness (QED) is 0.850. The van der Waals surface area contributed by atoms with Crippen LogP contribution in [0, 0.1) is 0 Å². The number of nitrogens with one attached hydrogen (secondary N) is 1. The second kappa shape index (κ2) is 6.29. The number of pyridine rings is 1. The minimum Gasteiger partial charge on any atom is -0.348 e. The molecule has 1 aliphatic heterocycles. The van der Waals surface area contributed by atoms with Crippen LogP contribution >= 0.6 is 15.9 Å². The first-order valence-electron chi connectivity index (χ1n) is 6.27. The van der Waals surface area contributed by atoms with E-state index in [1.54, 1.807) is 6.07 Å². The predicted octanol–water partition coefficient (Wildman–Crippen LogP) is 2.06. The van der Waals surface area contributed by atoms with E-state index in [1.807, 2.05) is 12.1 Å². The van der Waals surface area contributed by atoms with Gasteiger partial charge in [-0.15, -0.1) is 0 Å². The van der Waals surface area contributed by atoms with Crippen molar-refractivity contribution in [3.05, 3.63) is 28.5 Å². The van der Waals surface area contributed by atoms with Gasteiger partial charge in [-0.2, -0.15) is 0 Å². The van der Waals surface area contributed by atoms with Crippen LogP contribution in [0.15, 0.2) is 22.8 Å². The number of rotatable bonds is 2. The van der Waals surface area contributed by atoms with Crippen LogP contribution < -0.4 is 5.32 Å². The highest BCUT2D eigenvalue weighted by Crippen LogP contribution is 2.11. The van der Waals surface area contributed by atoms with Crippen LogP contribution in [0.2, 0.25) is 0 Å². The second-order valence-corrected chi connectivity index (χ2v) is 5.56. The van der Waals surface area contributed by atoms with E-state index in [0.29, 0.717) is 10.3 Å². The summed E-state index contributed by atoms with van der Waals surface area (Å²) in [7, 11) is 2.13. The van der Waals surface area contributed by atoms with E-state index in [9.17, 15) is 4.79 Å². The van der Waals surface area contributed by atoms with Crippen molar-refractivity contribution >= 4 is 21.8 Å². The summed E-state index contributed by atoms with van der Waals surface area (Å²) in [4.78, 5) is 18.5. The van der Waals surface area contributed by atoms with Crippen LogP contribution in [0.1, 0.15) is 29.8 Å². The van der Waals surface area contributed by atoms with Crippen molar-refractivity contribution < 1.29 is 4.79 Å². The summed E-state index contributed by atoms with van der Waals surface area (Å²) in [5, 5.41) is 3.07. The van der Waals surface area contributed by atoms with Crippen LogP contribution in [-0.4, -0.2) is 42.0 Å². The molecule has 0 bridgehead atoms. The van der Waals surface area contributed by atoms with Crippen molar-refractivity contribution in [1.82, 2.24) is 15.2 Å². The van der Waals surface area contributed by atoms with Crippen molar-refractivity contribution in [3.8, 4) is 0 Å². The number of carbonyl (C=O) groups is 1. The highest BCUT2D eigenvalue weighted by Gasteiger charge is 2.18. The molecule has 0 spiro atoms. The fourth-order valence-corrected chi connectivity index (χ4v) is 2.52. The zero-order chi connectivity index (χ0) is 13.0. The molecule has 1 aromatic rings. The van der Waals surface area contributed by atoms with Gasteiger partial charge in [-0.1, -0.05) is 6.07 Å². The van der Waals surface area contributed by atoms with Crippen LogP contribution in [0.4, 0.5) is 0 Å². The Labute approximate surface area is 116 Å². The van der Waals surface area contributed by atoms with Crippen LogP contribution in [0.25, 0.3) is 0 Å². The Morgan fingerprint density at radius 1 is 1.44 bits per heavy atom. The van der Waals surface area contributed by atoms with Gasteiger partial charge < -0.3 is 10.2 Å². The molecule has 1 fully saturated rings. The molecule has 4 nitrogen and oxygen atoms in total. The predicted molar refractivity (Wildman–Crippen MR) is 74.5 cm³/mol. The Hall–Kier alpha value is -0.940. The molecule has 1 aromatic heterocycles. The molecule has 0 aliphatic carbocycles. The molecule has 1 unspecified atom stereocenters. The molecule has 0 radical (unpaired) electrons. The van der Waals surface area contributed by atoms with Gasteiger partial charge in [0.1, 0.15) is 10.3 Å². The maximum Gasteiger partial charge on any atom is 0.270 e. The van der Waals surface area contributed by atoms with Gasteiger partial charge in [-0.25, -0.2) is 4.98 Å². The van der Waals surface area contributed by atoms with E-state index in [-0.39, 0.29) is 11.9 Å². The van der Waals surface area contributed by atoms with Crippen molar-refractivity contribution in [3.63, 3.8) is 0 Å². The fraction of sp³-hybridized carbons (Fsp3) is 0.538. The largest absolute Gasteiger partial charge is 0.348 e. The number of likely N-dealkylation sites (tertiary alicyclic amines) is 1. The molecule has 98 valence electrons. The maximum atomic E-state index is 12.1. The van der Waals surface area contributed by atoms with Crippen LogP contribution in [-0.2, 0) is 0 Å². The van der Waals surface area contributed by atoms with E-state index < -0.39 is 0 Å². The van der Waals surface area contributed by atoms with Gasteiger partial charge in [-0.3, -0.25) is 4.79 Å². The lowest BCUT2D eigenvalue weighted by Crippen LogP contribution is -2.35. The van der Waals surface area contributed by atoms with Gasteiger partial charge in [0.25, 0.3) is 5.91 Å².